The number of ether oxygens (including phenoxy) is 1. The first-order valence-electron chi connectivity index (χ1n) is 3.80. The van der Waals surface area contributed by atoms with Gasteiger partial charge in [0, 0.05) is 13.1 Å². The highest BCUT2D eigenvalue weighted by atomic mass is 19.4. The summed E-state index contributed by atoms with van der Waals surface area (Å²) >= 11 is 0. The van der Waals surface area contributed by atoms with Crippen LogP contribution in [0.25, 0.3) is 0 Å². The van der Waals surface area contributed by atoms with Gasteiger partial charge in [0.2, 0.25) is 0 Å². The second kappa shape index (κ2) is 2.88. The average Bonchev–Trinajstić information content (AvgIpc) is 1.83. The van der Waals surface area contributed by atoms with E-state index in [9.17, 15) is 13.2 Å². The number of nitrogens with one attached hydrogen (secondary N) is 1. The summed E-state index contributed by atoms with van der Waals surface area (Å²) in [5.74, 6) is 0. The standard InChI is InChI=1S/C7H12F3NO/c1-5-3-11-4-6(2,12-5)7(8,9)10/h5,11H,3-4H2,1-2H3/t5-,6+/m1/s1. The second-order valence-corrected chi connectivity index (χ2v) is 3.29. The summed E-state index contributed by atoms with van der Waals surface area (Å²) in [5.41, 5.74) is -2.02. The Hall–Kier alpha value is -0.290. The first-order valence-corrected chi connectivity index (χ1v) is 3.80. The van der Waals surface area contributed by atoms with Gasteiger partial charge >= 0.3 is 6.18 Å². The Morgan fingerprint density at radius 1 is 1.50 bits per heavy atom. The number of alkyl halides is 3. The normalized spacial score (nSPS) is 38.2. The molecule has 1 aliphatic heterocycles. The first kappa shape index (κ1) is 9.80. The maximum Gasteiger partial charge on any atom is 0.418 e. The highest BCUT2D eigenvalue weighted by Gasteiger charge is 2.54. The van der Waals surface area contributed by atoms with Crippen LogP contribution in [0, 0.1) is 0 Å². The molecule has 1 fully saturated rings. The van der Waals surface area contributed by atoms with Gasteiger partial charge in [-0.1, -0.05) is 0 Å². The molecule has 0 aromatic rings. The quantitative estimate of drug-likeness (QED) is 0.611. The number of halogens is 3. The molecule has 0 aliphatic carbocycles. The third kappa shape index (κ3) is 1.72. The summed E-state index contributed by atoms with van der Waals surface area (Å²) < 4.78 is 41.9. The van der Waals surface area contributed by atoms with Gasteiger partial charge < -0.3 is 10.1 Å². The number of rotatable bonds is 0. The summed E-state index contributed by atoms with van der Waals surface area (Å²) in [5, 5.41) is 2.69. The Morgan fingerprint density at radius 3 is 2.42 bits per heavy atom. The molecule has 2 nitrogen and oxygen atoms in total. The zero-order valence-electron chi connectivity index (χ0n) is 7.03. The molecule has 5 heteroatoms. The molecule has 0 radical (unpaired) electrons. The van der Waals surface area contributed by atoms with Crippen LogP contribution >= 0.6 is 0 Å². The van der Waals surface area contributed by atoms with Gasteiger partial charge in [-0.25, -0.2) is 0 Å². The van der Waals surface area contributed by atoms with Crippen molar-refractivity contribution in [3.8, 4) is 0 Å². The molecule has 2 atom stereocenters. The maximum atomic E-state index is 12.3. The lowest BCUT2D eigenvalue weighted by atomic mass is 10.0. The zero-order valence-corrected chi connectivity index (χ0v) is 7.03. The van der Waals surface area contributed by atoms with E-state index in [0.29, 0.717) is 6.54 Å². The van der Waals surface area contributed by atoms with Crippen molar-refractivity contribution in [3.05, 3.63) is 0 Å². The maximum absolute atomic E-state index is 12.3. The van der Waals surface area contributed by atoms with Crippen molar-refractivity contribution in [2.75, 3.05) is 13.1 Å². The van der Waals surface area contributed by atoms with Gasteiger partial charge in [0.05, 0.1) is 6.10 Å². The largest absolute Gasteiger partial charge is 0.418 e. The Balaban J connectivity index is 2.70. The molecule has 1 N–H and O–H groups in total. The predicted octanol–water partition coefficient (Wildman–Crippen LogP) is 1.32. The molecule has 1 aliphatic rings. The van der Waals surface area contributed by atoms with E-state index in [1.165, 1.54) is 0 Å². The van der Waals surface area contributed by atoms with Crippen molar-refractivity contribution in [1.29, 1.82) is 0 Å². The van der Waals surface area contributed by atoms with Crippen molar-refractivity contribution in [2.24, 2.45) is 0 Å². The summed E-state index contributed by atoms with van der Waals surface area (Å²) in [6.45, 7) is 3.00. The molecular formula is C7H12F3NO. The molecule has 0 spiro atoms. The lowest BCUT2D eigenvalue weighted by Gasteiger charge is -2.39. The molecule has 0 aromatic carbocycles. The van der Waals surface area contributed by atoms with Crippen molar-refractivity contribution >= 4 is 0 Å². The van der Waals surface area contributed by atoms with Gasteiger partial charge in [-0.3, -0.25) is 0 Å². The number of morpholine rings is 1. The summed E-state index contributed by atoms with van der Waals surface area (Å²) in [6.07, 6.45) is -4.68. The van der Waals surface area contributed by atoms with Gasteiger partial charge in [0.15, 0.2) is 5.60 Å². The van der Waals surface area contributed by atoms with Crippen LogP contribution in [0.2, 0.25) is 0 Å². The second-order valence-electron chi connectivity index (χ2n) is 3.29. The molecule has 1 saturated heterocycles. The van der Waals surface area contributed by atoms with E-state index in [0.717, 1.165) is 6.92 Å². The molecule has 0 amide bonds. The smallest absolute Gasteiger partial charge is 0.360 e. The average molecular weight is 183 g/mol. The Morgan fingerprint density at radius 2 is 2.08 bits per heavy atom. The molecule has 1 rings (SSSR count). The first-order chi connectivity index (χ1) is 5.35. The highest BCUT2D eigenvalue weighted by Crippen LogP contribution is 2.35. The lowest BCUT2D eigenvalue weighted by Crippen LogP contribution is -2.59. The van der Waals surface area contributed by atoms with E-state index in [1.54, 1.807) is 6.92 Å². The minimum atomic E-state index is -4.30. The van der Waals surface area contributed by atoms with E-state index in [-0.39, 0.29) is 12.6 Å². The fourth-order valence-electron chi connectivity index (χ4n) is 1.21. The van der Waals surface area contributed by atoms with Gasteiger partial charge in [-0.2, -0.15) is 13.2 Å². The fraction of sp³-hybridized carbons (Fsp3) is 1.00. The summed E-state index contributed by atoms with van der Waals surface area (Å²) in [6, 6.07) is 0. The van der Waals surface area contributed by atoms with E-state index < -0.39 is 11.8 Å². The van der Waals surface area contributed by atoms with Crippen LogP contribution in [0.5, 0.6) is 0 Å². The van der Waals surface area contributed by atoms with E-state index in [2.05, 4.69) is 5.32 Å². The summed E-state index contributed by atoms with van der Waals surface area (Å²) in [4.78, 5) is 0. The van der Waals surface area contributed by atoms with E-state index >= 15 is 0 Å². The molecule has 0 bridgehead atoms. The Labute approximate surface area is 69.1 Å². The van der Waals surface area contributed by atoms with E-state index in [1.807, 2.05) is 0 Å². The Kier molecular flexibility index (Phi) is 2.35. The van der Waals surface area contributed by atoms with Gasteiger partial charge in [0.1, 0.15) is 0 Å². The molecule has 0 saturated carbocycles. The number of hydrogen-bond acceptors (Lipinski definition) is 2. The van der Waals surface area contributed by atoms with Crippen molar-refractivity contribution in [3.63, 3.8) is 0 Å². The number of hydrogen-bond donors (Lipinski definition) is 1. The molecule has 1 heterocycles. The molecule has 12 heavy (non-hydrogen) atoms. The van der Waals surface area contributed by atoms with Gasteiger partial charge in [-0.15, -0.1) is 0 Å². The van der Waals surface area contributed by atoms with Crippen LogP contribution in [0.1, 0.15) is 13.8 Å². The predicted molar refractivity (Wildman–Crippen MR) is 37.9 cm³/mol. The topological polar surface area (TPSA) is 21.3 Å². The fourth-order valence-corrected chi connectivity index (χ4v) is 1.21. The monoisotopic (exact) mass is 183 g/mol. The van der Waals surface area contributed by atoms with Crippen LogP contribution in [-0.2, 0) is 4.74 Å². The minimum Gasteiger partial charge on any atom is -0.360 e. The van der Waals surface area contributed by atoms with Crippen LogP contribution in [0.4, 0.5) is 13.2 Å². The third-order valence-corrected chi connectivity index (χ3v) is 1.96. The molecule has 0 aromatic heterocycles. The zero-order chi connectivity index (χ0) is 9.41. The van der Waals surface area contributed by atoms with Crippen LogP contribution in [0.3, 0.4) is 0 Å². The van der Waals surface area contributed by atoms with Crippen LogP contribution in [0.15, 0.2) is 0 Å². The summed E-state index contributed by atoms with van der Waals surface area (Å²) in [7, 11) is 0. The Bertz CT molecular complexity index is 171. The molecule has 0 unspecified atom stereocenters. The van der Waals surface area contributed by atoms with E-state index in [4.69, 9.17) is 4.74 Å². The highest BCUT2D eigenvalue weighted by molar-refractivity contribution is 4.90. The molecule has 72 valence electrons. The minimum absolute atomic E-state index is 0.166. The third-order valence-electron chi connectivity index (χ3n) is 1.96. The van der Waals surface area contributed by atoms with Gasteiger partial charge in [0.25, 0.3) is 0 Å². The van der Waals surface area contributed by atoms with Gasteiger partial charge in [-0.05, 0) is 13.8 Å². The van der Waals surface area contributed by atoms with Crippen LogP contribution in [-0.4, -0.2) is 31.0 Å². The van der Waals surface area contributed by atoms with Crippen molar-refractivity contribution in [2.45, 2.75) is 31.7 Å². The van der Waals surface area contributed by atoms with Crippen molar-refractivity contribution in [1.82, 2.24) is 5.32 Å². The van der Waals surface area contributed by atoms with Crippen LogP contribution < -0.4 is 5.32 Å². The van der Waals surface area contributed by atoms with Crippen molar-refractivity contribution < 1.29 is 17.9 Å². The molecular weight excluding hydrogens is 171 g/mol. The SMILES string of the molecule is C[C@@H]1CNC[C@@](C)(C(F)(F)F)O1. The lowest BCUT2D eigenvalue weighted by molar-refractivity contribution is -0.288.